The van der Waals surface area contributed by atoms with Crippen LogP contribution in [0.3, 0.4) is 0 Å². The van der Waals surface area contributed by atoms with Crippen molar-refractivity contribution in [1.29, 1.82) is 0 Å². The van der Waals surface area contributed by atoms with Gasteiger partial charge in [-0.05, 0) is 48.9 Å². The van der Waals surface area contributed by atoms with Gasteiger partial charge in [0.05, 0.1) is 11.7 Å². The molecule has 1 spiro atoms. The van der Waals surface area contributed by atoms with Gasteiger partial charge in [-0.3, -0.25) is 28.9 Å². The van der Waals surface area contributed by atoms with Crippen molar-refractivity contribution in [1.82, 2.24) is 25.4 Å². The molecule has 12 nitrogen and oxygen atoms in total. The fraction of sp³-hybridized carbons (Fsp3) is 0.375. The fourth-order valence-corrected chi connectivity index (χ4v) is 8.86. The van der Waals surface area contributed by atoms with Crippen LogP contribution in [-0.4, -0.2) is 75.4 Å². The lowest BCUT2D eigenvalue weighted by Crippen LogP contribution is -2.68. The van der Waals surface area contributed by atoms with Crippen molar-refractivity contribution in [3.63, 3.8) is 0 Å². The number of piperidine rings is 1. The van der Waals surface area contributed by atoms with E-state index in [1.807, 2.05) is 98.9 Å². The molecule has 12 heteroatoms. The maximum Gasteiger partial charge on any atom is 0.252 e. The number of benzene rings is 3. The van der Waals surface area contributed by atoms with Crippen LogP contribution in [0, 0.1) is 5.92 Å². The van der Waals surface area contributed by atoms with Crippen LogP contribution < -0.4 is 26.6 Å². The summed E-state index contributed by atoms with van der Waals surface area (Å²) in [6.07, 6.45) is 2.16. The lowest BCUT2D eigenvalue weighted by Gasteiger charge is -2.49. The molecule has 268 valence electrons. The van der Waals surface area contributed by atoms with E-state index in [0.717, 1.165) is 27.6 Å². The van der Waals surface area contributed by atoms with Crippen LogP contribution in [0.5, 0.6) is 0 Å². The number of fused-ring (bicyclic) bond motifs is 8. The molecule has 5 heterocycles. The quantitative estimate of drug-likeness (QED) is 0.256. The molecule has 2 saturated heterocycles. The first-order chi connectivity index (χ1) is 25.0. The van der Waals surface area contributed by atoms with Crippen molar-refractivity contribution >= 4 is 46.1 Å². The number of carbonyl (C=O) groups excluding carboxylic acids is 5. The number of nitrogens with two attached hydrogens (primary N) is 1. The number of anilines is 1. The molecule has 5 amide bonds. The summed E-state index contributed by atoms with van der Waals surface area (Å²) in [7, 11) is 0. The number of aromatic nitrogens is 1. The monoisotopic (exact) mass is 701 g/mol. The molecule has 0 aliphatic carbocycles. The van der Waals surface area contributed by atoms with Gasteiger partial charge in [-0.25, -0.2) is 0 Å². The Bertz CT molecular complexity index is 2110. The summed E-state index contributed by atoms with van der Waals surface area (Å²) in [5, 5.41) is 9.48. The van der Waals surface area contributed by atoms with E-state index in [-0.39, 0.29) is 30.6 Å². The van der Waals surface area contributed by atoms with Crippen molar-refractivity contribution in [2.75, 3.05) is 4.90 Å². The summed E-state index contributed by atoms with van der Waals surface area (Å²) in [5.74, 6) is -2.07. The number of rotatable bonds is 4. The van der Waals surface area contributed by atoms with Crippen molar-refractivity contribution in [2.24, 2.45) is 11.7 Å². The molecule has 5 N–H and O–H groups in total. The van der Waals surface area contributed by atoms with Gasteiger partial charge in [-0.15, -0.1) is 0 Å². The Morgan fingerprint density at radius 1 is 0.827 bits per heavy atom. The van der Waals surface area contributed by atoms with Crippen molar-refractivity contribution in [3.8, 4) is 0 Å². The smallest absolute Gasteiger partial charge is 0.252 e. The van der Waals surface area contributed by atoms with E-state index >= 15 is 0 Å². The van der Waals surface area contributed by atoms with Crippen molar-refractivity contribution in [3.05, 3.63) is 102 Å². The normalized spacial score (nSPS) is 28.8. The summed E-state index contributed by atoms with van der Waals surface area (Å²) in [6, 6.07) is 20.4. The molecule has 1 aromatic heterocycles. The standard InChI is InChI=1S/C40H43N7O5/c1-22(2)17-29-36(50)44-30-20-40(45-21-25(26-13-7-9-15-31(26)45)19-28(41)35(49)42-23(3)34(48)43-29)27-14-8-10-16-32(27)46-38(52)33(47(37(30)51)39(40)46)18-24-11-5-4-6-12-24/h4-16,21-23,28-30,33,39H,17-20,41H2,1-3H3,(H,42,49)(H,43,48)(H,44,50)/t23-,28-,29-,30?,33-,39+,40?/m0/s1. The molecule has 0 radical (unpaired) electrons. The summed E-state index contributed by atoms with van der Waals surface area (Å²) >= 11 is 0. The summed E-state index contributed by atoms with van der Waals surface area (Å²) < 4.78 is 2.14. The molecule has 2 fully saturated rings. The van der Waals surface area contributed by atoms with E-state index in [1.54, 1.807) is 16.7 Å². The number of hydrogen-bond acceptors (Lipinski definition) is 6. The zero-order chi connectivity index (χ0) is 36.5. The van der Waals surface area contributed by atoms with Crippen LogP contribution >= 0.6 is 0 Å². The Balaban J connectivity index is 1.36. The van der Waals surface area contributed by atoms with Gasteiger partial charge in [0.2, 0.25) is 23.6 Å². The van der Waals surface area contributed by atoms with Gasteiger partial charge in [-0.2, -0.15) is 0 Å². The number of nitrogens with zero attached hydrogens (tertiary/aromatic N) is 3. The third kappa shape index (κ3) is 5.18. The molecule has 4 aliphatic rings. The van der Waals surface area contributed by atoms with E-state index < -0.39 is 59.6 Å². The number of amides is 5. The second kappa shape index (κ2) is 12.6. The highest BCUT2D eigenvalue weighted by molar-refractivity contribution is 6.08. The Morgan fingerprint density at radius 3 is 2.31 bits per heavy atom. The topological polar surface area (TPSA) is 159 Å². The highest BCUT2D eigenvalue weighted by Crippen LogP contribution is 2.57. The van der Waals surface area contributed by atoms with Crippen LogP contribution in [0.4, 0.5) is 5.69 Å². The van der Waals surface area contributed by atoms with E-state index in [1.165, 1.54) is 0 Å². The second-order valence-corrected chi connectivity index (χ2v) is 15.0. The molecule has 8 rings (SSSR count). The highest BCUT2D eigenvalue weighted by Gasteiger charge is 2.68. The minimum Gasteiger partial charge on any atom is -0.343 e. The average molecular weight is 702 g/mol. The zero-order valence-corrected chi connectivity index (χ0v) is 29.4. The first-order valence-electron chi connectivity index (χ1n) is 18.0. The fourth-order valence-electron chi connectivity index (χ4n) is 8.86. The summed E-state index contributed by atoms with van der Waals surface area (Å²) in [5.41, 5.74) is 9.60. The number of nitrogens with one attached hydrogen (secondary N) is 3. The van der Waals surface area contributed by atoms with E-state index in [2.05, 4.69) is 20.5 Å². The Labute approximate surface area is 301 Å². The molecule has 4 bridgehead atoms. The lowest BCUT2D eigenvalue weighted by molar-refractivity contribution is -0.147. The molecule has 2 unspecified atom stereocenters. The van der Waals surface area contributed by atoms with Crippen LogP contribution in [0.15, 0.2) is 85.1 Å². The summed E-state index contributed by atoms with van der Waals surface area (Å²) in [4.78, 5) is 74.3. The Kier molecular flexibility index (Phi) is 8.17. The van der Waals surface area contributed by atoms with Gasteiger partial charge in [0.1, 0.15) is 35.9 Å². The van der Waals surface area contributed by atoms with Gasteiger partial charge in [-0.1, -0.05) is 80.6 Å². The minimum atomic E-state index is -1.05. The molecule has 7 atom stereocenters. The third-order valence-electron chi connectivity index (χ3n) is 11.2. The Hall–Kier alpha value is -5.49. The number of hydrogen-bond donors (Lipinski definition) is 4. The van der Waals surface area contributed by atoms with Gasteiger partial charge >= 0.3 is 0 Å². The predicted molar refractivity (Wildman–Crippen MR) is 195 cm³/mol. The number of para-hydroxylation sites is 2. The van der Waals surface area contributed by atoms with Crippen LogP contribution in [0.25, 0.3) is 10.9 Å². The SMILES string of the molecule is CC(C)C[C@@H]1NC(=O)[C@H](C)NC(=O)[C@@H](N)Cc2cn(c3ccccc23)C23CC(NC1=O)C(=O)N1[C@H]2N(C(=O)[C@@H]1Cc1ccccc1)c1ccccc13. The molecule has 52 heavy (non-hydrogen) atoms. The van der Waals surface area contributed by atoms with Gasteiger partial charge in [0, 0.05) is 35.5 Å². The first kappa shape index (κ1) is 33.6. The van der Waals surface area contributed by atoms with Gasteiger partial charge in [0.15, 0.2) is 0 Å². The third-order valence-corrected chi connectivity index (χ3v) is 11.2. The molecule has 0 saturated carbocycles. The van der Waals surface area contributed by atoms with E-state index in [9.17, 15) is 24.0 Å². The summed E-state index contributed by atoms with van der Waals surface area (Å²) in [6.45, 7) is 5.43. The van der Waals surface area contributed by atoms with Crippen molar-refractivity contribution in [2.45, 2.75) is 88.4 Å². The van der Waals surface area contributed by atoms with E-state index in [0.29, 0.717) is 18.5 Å². The maximum atomic E-state index is 14.9. The molecule has 4 aliphatic heterocycles. The number of carbonyl (C=O) groups is 5. The average Bonchev–Trinajstić information content (AvgIpc) is 3.74. The second-order valence-electron chi connectivity index (χ2n) is 15.0. The largest absolute Gasteiger partial charge is 0.343 e. The molecular weight excluding hydrogens is 658 g/mol. The Morgan fingerprint density at radius 2 is 1.54 bits per heavy atom. The first-order valence-corrected chi connectivity index (χ1v) is 18.0. The van der Waals surface area contributed by atoms with Crippen LogP contribution in [0.1, 0.15) is 50.3 Å². The minimum absolute atomic E-state index is 0.0177. The lowest BCUT2D eigenvalue weighted by atomic mass is 9.78. The van der Waals surface area contributed by atoms with Crippen LogP contribution in [-0.2, 0) is 42.4 Å². The predicted octanol–water partition coefficient (Wildman–Crippen LogP) is 2.32. The molecule has 3 aromatic carbocycles. The van der Waals surface area contributed by atoms with Gasteiger partial charge in [0.25, 0.3) is 5.91 Å². The highest BCUT2D eigenvalue weighted by atomic mass is 16.2. The zero-order valence-electron chi connectivity index (χ0n) is 29.4. The molecular formula is C40H43N7O5. The maximum absolute atomic E-state index is 14.9. The molecule has 4 aromatic rings. The van der Waals surface area contributed by atoms with E-state index in [4.69, 9.17) is 5.73 Å². The van der Waals surface area contributed by atoms with Gasteiger partial charge < -0.3 is 31.2 Å². The van der Waals surface area contributed by atoms with Crippen LogP contribution in [0.2, 0.25) is 0 Å². The van der Waals surface area contributed by atoms with Crippen molar-refractivity contribution < 1.29 is 24.0 Å².